The van der Waals surface area contributed by atoms with Crippen LogP contribution in [0.25, 0.3) is 33.4 Å². The van der Waals surface area contributed by atoms with Gasteiger partial charge >= 0.3 is 23.9 Å². The Bertz CT molecular complexity index is 1860. The molecule has 5 N–H and O–H groups in total. The monoisotopic (exact) mass is 674 g/mol. The van der Waals surface area contributed by atoms with Gasteiger partial charge in [0, 0.05) is 35.2 Å². The third-order valence-electron chi connectivity index (χ3n) is 6.84. The minimum atomic E-state index is -1.36. The molecule has 254 valence electrons. The molecule has 4 rings (SSSR count). The number of carboxylic acid groups (broad SMARTS) is 4. The van der Waals surface area contributed by atoms with Gasteiger partial charge < -0.3 is 44.3 Å². The fraction of sp³-hybridized carbons (Fsp3) is 0.258. The number of phenols is 1. The van der Waals surface area contributed by atoms with Crippen LogP contribution in [0.1, 0.15) is 0 Å². The fourth-order valence-corrected chi connectivity index (χ4v) is 4.91. The molecule has 1 heterocycles. The first kappa shape index (κ1) is 35.1. The van der Waals surface area contributed by atoms with Crippen LogP contribution in [-0.4, -0.2) is 107 Å². The number of benzene rings is 3. The molecule has 17 heteroatoms. The van der Waals surface area contributed by atoms with Gasteiger partial charge in [-0.05, 0) is 29.8 Å². The van der Waals surface area contributed by atoms with E-state index in [2.05, 4.69) is 0 Å². The molecule has 0 bridgehead atoms. The highest BCUT2D eigenvalue weighted by Gasteiger charge is 2.24. The van der Waals surface area contributed by atoms with Gasteiger partial charge in [-0.3, -0.25) is 28.9 Å². The Morgan fingerprint density at radius 1 is 0.771 bits per heavy atom. The molecule has 0 atom stereocenters. The van der Waals surface area contributed by atoms with Crippen molar-refractivity contribution < 1.29 is 67.4 Å². The van der Waals surface area contributed by atoms with Crippen molar-refractivity contribution in [3.63, 3.8) is 0 Å². The van der Waals surface area contributed by atoms with Gasteiger partial charge in [0.15, 0.2) is 17.4 Å². The van der Waals surface area contributed by atoms with E-state index < -0.39 is 72.9 Å². The highest BCUT2D eigenvalue weighted by atomic mass is 19.1. The van der Waals surface area contributed by atoms with Crippen LogP contribution in [0.2, 0.25) is 0 Å². The molecule has 0 aromatic heterocycles. The number of aliphatic carboxylic acids is 4. The lowest BCUT2D eigenvalue weighted by molar-refractivity contribution is -0.142. The number of halogens is 2. The molecule has 15 nitrogen and oxygen atoms in total. The standard InChI is InChI=1S/C31H28F2N2O13/c32-19-8-17-24(10-22(19)36)48-25-11-23(37)20(33)9-18(25)31(17)16-1-2-21(35(14-29(42)43)15-30(44)45)26(7-16)47-6-5-46-4-3-34(12-27(38)39)13-28(40)41/h1-2,7-11,36H,3-6,12-15H2,(H,38,39)(H,40,41)(H,42,43)(H,44,45). The summed E-state index contributed by atoms with van der Waals surface area (Å²) < 4.78 is 46.1. The van der Waals surface area contributed by atoms with E-state index in [1.807, 2.05) is 0 Å². The molecule has 1 aliphatic heterocycles. The number of nitrogens with zero attached hydrogens (tertiary/aromatic N) is 2. The van der Waals surface area contributed by atoms with Crippen molar-refractivity contribution in [3.8, 4) is 33.9 Å². The first-order valence-corrected chi connectivity index (χ1v) is 14.0. The van der Waals surface area contributed by atoms with Crippen LogP contribution < -0.4 is 15.1 Å². The zero-order valence-corrected chi connectivity index (χ0v) is 24.9. The first-order chi connectivity index (χ1) is 22.7. The van der Waals surface area contributed by atoms with Gasteiger partial charge in [0.05, 0.1) is 32.0 Å². The van der Waals surface area contributed by atoms with Crippen molar-refractivity contribution in [2.45, 2.75) is 0 Å². The van der Waals surface area contributed by atoms with Crippen molar-refractivity contribution in [2.75, 3.05) is 57.4 Å². The predicted octanol–water partition coefficient (Wildman–Crippen LogP) is 2.39. The number of phenolic OH excluding ortho intramolecular Hbond substituents is 1. The SMILES string of the molecule is O=C(O)CN(CCOCCOc1cc(-c2c3cc(F)c(=O)cc-3oc3cc(O)c(F)cc23)ccc1N(CC(=O)O)CC(=O)O)CC(=O)O. The van der Waals surface area contributed by atoms with E-state index >= 15 is 0 Å². The van der Waals surface area contributed by atoms with Gasteiger partial charge in [-0.2, -0.15) is 0 Å². The molecular formula is C31H28F2N2O13. The van der Waals surface area contributed by atoms with Crippen molar-refractivity contribution in [1.82, 2.24) is 4.90 Å². The summed E-state index contributed by atoms with van der Waals surface area (Å²) in [6.07, 6.45) is 0. The van der Waals surface area contributed by atoms with Crippen molar-refractivity contribution >= 4 is 40.5 Å². The van der Waals surface area contributed by atoms with Crippen molar-refractivity contribution in [2.24, 2.45) is 0 Å². The number of aromatic hydroxyl groups is 1. The van der Waals surface area contributed by atoms with E-state index in [1.165, 1.54) is 18.2 Å². The Morgan fingerprint density at radius 2 is 1.42 bits per heavy atom. The van der Waals surface area contributed by atoms with Gasteiger partial charge in [-0.1, -0.05) is 6.07 Å². The van der Waals surface area contributed by atoms with Gasteiger partial charge in [0.2, 0.25) is 5.43 Å². The number of fused-ring (bicyclic) bond motifs is 2. The van der Waals surface area contributed by atoms with E-state index in [9.17, 15) is 48.1 Å². The Labute approximate surface area is 268 Å². The summed E-state index contributed by atoms with van der Waals surface area (Å²) >= 11 is 0. The topological polar surface area (TPSA) is 225 Å². The van der Waals surface area contributed by atoms with Crippen LogP contribution in [0.3, 0.4) is 0 Å². The summed E-state index contributed by atoms with van der Waals surface area (Å²) in [4.78, 5) is 59.4. The fourth-order valence-electron chi connectivity index (χ4n) is 4.91. The number of ether oxygens (including phenoxy) is 2. The Kier molecular flexibility index (Phi) is 11.1. The number of carbonyl (C=O) groups is 4. The number of anilines is 1. The van der Waals surface area contributed by atoms with Gasteiger partial charge in [0.25, 0.3) is 0 Å². The van der Waals surface area contributed by atoms with Crippen LogP contribution in [0, 0.1) is 11.6 Å². The molecule has 0 amide bonds. The minimum absolute atomic E-state index is 0.0173. The molecule has 2 aromatic rings. The summed E-state index contributed by atoms with van der Waals surface area (Å²) in [7, 11) is 0. The third kappa shape index (κ3) is 8.71. The van der Waals surface area contributed by atoms with Gasteiger partial charge in [-0.15, -0.1) is 0 Å². The van der Waals surface area contributed by atoms with Crippen LogP contribution >= 0.6 is 0 Å². The summed E-state index contributed by atoms with van der Waals surface area (Å²) in [6, 6.07) is 7.79. The van der Waals surface area contributed by atoms with E-state index in [0.717, 1.165) is 34.1 Å². The smallest absolute Gasteiger partial charge is 0.323 e. The molecule has 0 unspecified atom stereocenters. The summed E-state index contributed by atoms with van der Waals surface area (Å²) in [6.45, 7) is -3.05. The van der Waals surface area contributed by atoms with Crippen LogP contribution in [0.15, 0.2) is 51.7 Å². The molecule has 2 aromatic carbocycles. The highest BCUT2D eigenvalue weighted by Crippen LogP contribution is 2.44. The minimum Gasteiger partial charge on any atom is -0.505 e. The normalized spacial score (nSPS) is 11.2. The number of carboxylic acids is 4. The highest BCUT2D eigenvalue weighted by molar-refractivity contribution is 6.02. The van der Waals surface area contributed by atoms with Crippen LogP contribution in [0.4, 0.5) is 14.5 Å². The number of hydrogen-bond donors (Lipinski definition) is 5. The molecule has 48 heavy (non-hydrogen) atoms. The molecule has 0 radical (unpaired) electrons. The molecule has 0 saturated heterocycles. The largest absolute Gasteiger partial charge is 0.505 e. The van der Waals surface area contributed by atoms with Crippen molar-refractivity contribution in [1.29, 1.82) is 0 Å². The van der Waals surface area contributed by atoms with E-state index in [1.54, 1.807) is 0 Å². The molecular weight excluding hydrogens is 646 g/mol. The maximum Gasteiger partial charge on any atom is 0.323 e. The predicted molar refractivity (Wildman–Crippen MR) is 162 cm³/mol. The maximum atomic E-state index is 14.6. The quantitative estimate of drug-likeness (QED) is 0.0801. The summed E-state index contributed by atoms with van der Waals surface area (Å²) in [5.74, 6) is -8.29. The summed E-state index contributed by atoms with van der Waals surface area (Å²) in [5.41, 5.74) is -0.658. The zero-order valence-electron chi connectivity index (χ0n) is 24.9. The number of rotatable bonds is 17. The average Bonchev–Trinajstić information content (AvgIpc) is 2.98. The molecule has 0 saturated carbocycles. The Morgan fingerprint density at radius 3 is 2.04 bits per heavy atom. The maximum absolute atomic E-state index is 14.6. The Hall–Kier alpha value is -5.81. The zero-order chi connectivity index (χ0) is 35.1. The Balaban J connectivity index is 1.73. The van der Waals surface area contributed by atoms with Gasteiger partial charge in [0.1, 0.15) is 36.8 Å². The number of hydrogen-bond acceptors (Lipinski definition) is 11. The first-order valence-electron chi connectivity index (χ1n) is 14.0. The molecule has 0 spiro atoms. The van der Waals surface area contributed by atoms with Crippen LogP contribution in [0.5, 0.6) is 11.5 Å². The molecule has 0 fully saturated rings. The van der Waals surface area contributed by atoms with E-state index in [4.69, 9.17) is 24.1 Å². The van der Waals surface area contributed by atoms with Gasteiger partial charge in [-0.25, -0.2) is 8.78 Å². The van der Waals surface area contributed by atoms with Crippen molar-refractivity contribution in [3.05, 3.63) is 64.3 Å². The second-order valence-electron chi connectivity index (χ2n) is 10.3. The lowest BCUT2D eigenvalue weighted by Crippen LogP contribution is -2.37. The second kappa shape index (κ2) is 15.2. The third-order valence-corrected chi connectivity index (χ3v) is 6.84. The van der Waals surface area contributed by atoms with E-state index in [0.29, 0.717) is 0 Å². The lowest BCUT2D eigenvalue weighted by Gasteiger charge is -2.25. The van der Waals surface area contributed by atoms with E-state index in [-0.39, 0.29) is 71.2 Å². The average molecular weight is 675 g/mol. The molecule has 2 aliphatic rings. The molecule has 1 aliphatic carbocycles. The lowest BCUT2D eigenvalue weighted by atomic mass is 9.93. The van der Waals surface area contributed by atoms with Crippen LogP contribution in [-0.2, 0) is 23.9 Å². The summed E-state index contributed by atoms with van der Waals surface area (Å²) in [5, 5.41) is 46.8. The second-order valence-corrected chi connectivity index (χ2v) is 10.3.